The average Bonchev–Trinajstić information content (AvgIpc) is 3.20. The molecule has 1 aliphatic carbocycles. The van der Waals surface area contributed by atoms with Crippen LogP contribution in [0.5, 0.6) is 5.75 Å². The van der Waals surface area contributed by atoms with Crippen LogP contribution >= 0.6 is 11.6 Å². The molecule has 0 aromatic heterocycles. The van der Waals surface area contributed by atoms with Crippen molar-refractivity contribution in [1.29, 1.82) is 5.26 Å². The highest BCUT2D eigenvalue weighted by Gasteiger charge is 2.44. The van der Waals surface area contributed by atoms with Gasteiger partial charge in [-0.15, -0.1) is 0 Å². The van der Waals surface area contributed by atoms with Gasteiger partial charge in [-0.2, -0.15) is 5.26 Å². The minimum Gasteiger partial charge on any atom is -0.491 e. The number of hydrogen-bond donors (Lipinski definition) is 1. The predicted molar refractivity (Wildman–Crippen MR) is 112 cm³/mol. The van der Waals surface area contributed by atoms with Crippen LogP contribution in [0.3, 0.4) is 0 Å². The third kappa shape index (κ3) is 4.00. The summed E-state index contributed by atoms with van der Waals surface area (Å²) in [5.41, 5.74) is 1.10. The Balaban J connectivity index is 1.89. The van der Waals surface area contributed by atoms with Crippen LogP contribution in [0.2, 0.25) is 5.02 Å². The van der Waals surface area contributed by atoms with E-state index in [2.05, 4.69) is 11.4 Å². The molecule has 0 spiro atoms. The highest BCUT2D eigenvalue weighted by molar-refractivity contribution is 6.32. The molecule has 3 rings (SSSR count). The van der Waals surface area contributed by atoms with E-state index in [-0.39, 0.29) is 12.0 Å². The summed E-state index contributed by atoms with van der Waals surface area (Å²) in [5.74, 6) is 0.524. The lowest BCUT2D eigenvalue weighted by Gasteiger charge is -2.29. The van der Waals surface area contributed by atoms with Gasteiger partial charge in [0.2, 0.25) is 5.91 Å². The molecule has 28 heavy (non-hydrogen) atoms. The number of rotatable bonds is 6. The second-order valence-corrected chi connectivity index (χ2v) is 7.79. The number of nitrogens with one attached hydrogen (secondary N) is 1. The molecule has 1 amide bonds. The Kier molecular flexibility index (Phi) is 6.26. The maximum atomic E-state index is 13.4. The number of halogens is 1. The molecule has 2 aromatic carbocycles. The van der Waals surface area contributed by atoms with Crippen molar-refractivity contribution < 1.29 is 9.53 Å². The molecule has 0 bridgehead atoms. The van der Waals surface area contributed by atoms with E-state index in [1.807, 2.05) is 38.1 Å². The topological polar surface area (TPSA) is 62.1 Å². The van der Waals surface area contributed by atoms with Crippen molar-refractivity contribution in [3.63, 3.8) is 0 Å². The van der Waals surface area contributed by atoms with Gasteiger partial charge in [-0.1, -0.05) is 49.6 Å². The molecule has 4 nitrogen and oxygen atoms in total. The SMILES string of the molecule is CC[C@H](C)Oc1ccc(NC(=O)C2(c3ccccc3Cl)CCCC2)c(C#N)c1. The van der Waals surface area contributed by atoms with E-state index in [0.29, 0.717) is 22.0 Å². The van der Waals surface area contributed by atoms with Gasteiger partial charge in [-0.3, -0.25) is 4.79 Å². The Morgan fingerprint density at radius 3 is 2.64 bits per heavy atom. The first-order chi connectivity index (χ1) is 13.5. The number of benzene rings is 2. The zero-order chi connectivity index (χ0) is 20.1. The van der Waals surface area contributed by atoms with Gasteiger partial charge in [0.15, 0.2) is 0 Å². The van der Waals surface area contributed by atoms with Crippen molar-refractivity contribution in [1.82, 2.24) is 0 Å². The van der Waals surface area contributed by atoms with E-state index in [9.17, 15) is 10.1 Å². The first-order valence-electron chi connectivity index (χ1n) is 9.77. The van der Waals surface area contributed by atoms with Crippen LogP contribution in [0.1, 0.15) is 57.1 Å². The van der Waals surface area contributed by atoms with Crippen molar-refractivity contribution in [2.45, 2.75) is 57.5 Å². The van der Waals surface area contributed by atoms with E-state index in [0.717, 1.165) is 37.7 Å². The predicted octanol–water partition coefficient (Wildman–Crippen LogP) is 5.84. The fourth-order valence-corrected chi connectivity index (χ4v) is 4.12. The molecule has 0 unspecified atom stereocenters. The summed E-state index contributed by atoms with van der Waals surface area (Å²) < 4.78 is 5.79. The van der Waals surface area contributed by atoms with Crippen LogP contribution in [-0.4, -0.2) is 12.0 Å². The zero-order valence-electron chi connectivity index (χ0n) is 16.3. The van der Waals surface area contributed by atoms with Crippen LogP contribution < -0.4 is 10.1 Å². The number of nitrogens with zero attached hydrogens (tertiary/aromatic N) is 1. The molecule has 2 aromatic rings. The third-order valence-electron chi connectivity index (χ3n) is 5.55. The zero-order valence-corrected chi connectivity index (χ0v) is 17.1. The van der Waals surface area contributed by atoms with E-state index >= 15 is 0 Å². The summed E-state index contributed by atoms with van der Waals surface area (Å²) in [4.78, 5) is 13.4. The minimum atomic E-state index is -0.656. The fourth-order valence-electron chi connectivity index (χ4n) is 3.80. The number of amides is 1. The van der Waals surface area contributed by atoms with E-state index < -0.39 is 5.41 Å². The first-order valence-corrected chi connectivity index (χ1v) is 10.1. The molecule has 5 heteroatoms. The fraction of sp³-hybridized carbons (Fsp3) is 0.391. The Hall–Kier alpha value is -2.51. The van der Waals surface area contributed by atoms with Crippen LogP contribution in [-0.2, 0) is 10.2 Å². The lowest BCUT2D eigenvalue weighted by atomic mass is 9.78. The summed E-state index contributed by atoms with van der Waals surface area (Å²) in [7, 11) is 0. The normalized spacial score (nSPS) is 16.2. The summed E-state index contributed by atoms with van der Waals surface area (Å²) in [6.45, 7) is 4.02. The average molecular weight is 397 g/mol. The molecule has 1 saturated carbocycles. The Morgan fingerprint density at radius 1 is 1.29 bits per heavy atom. The standard InChI is InChI=1S/C23H25ClN2O2/c1-3-16(2)28-18-10-11-21(17(14-18)15-25)26-22(27)23(12-6-7-13-23)19-8-4-5-9-20(19)24/h4-5,8-11,14,16H,3,6-7,12-13H2,1-2H3,(H,26,27)/t16-/m0/s1. The quantitative estimate of drug-likeness (QED) is 0.667. The highest BCUT2D eigenvalue weighted by Crippen LogP contribution is 2.44. The Morgan fingerprint density at radius 2 is 2.00 bits per heavy atom. The van der Waals surface area contributed by atoms with Crippen molar-refractivity contribution in [3.8, 4) is 11.8 Å². The van der Waals surface area contributed by atoms with Gasteiger partial charge in [-0.25, -0.2) is 0 Å². The third-order valence-corrected chi connectivity index (χ3v) is 5.88. The monoisotopic (exact) mass is 396 g/mol. The van der Waals surface area contributed by atoms with Gasteiger partial charge in [-0.05, 0) is 49.9 Å². The van der Waals surface area contributed by atoms with Gasteiger partial charge in [0.05, 0.1) is 22.8 Å². The van der Waals surface area contributed by atoms with E-state index in [1.165, 1.54) is 0 Å². The van der Waals surface area contributed by atoms with E-state index in [1.54, 1.807) is 18.2 Å². The molecule has 1 atom stereocenters. The van der Waals surface area contributed by atoms with Crippen LogP contribution in [0, 0.1) is 11.3 Å². The first kappa shape index (κ1) is 20.2. The number of nitriles is 1. The van der Waals surface area contributed by atoms with Crippen LogP contribution in [0.4, 0.5) is 5.69 Å². The number of carbonyl (C=O) groups is 1. The molecular formula is C23H25ClN2O2. The summed E-state index contributed by atoms with van der Waals surface area (Å²) in [6, 6.07) is 14.9. The maximum absolute atomic E-state index is 13.4. The van der Waals surface area contributed by atoms with E-state index in [4.69, 9.17) is 16.3 Å². The molecule has 0 heterocycles. The van der Waals surface area contributed by atoms with Gasteiger partial charge in [0, 0.05) is 11.1 Å². The van der Waals surface area contributed by atoms with Gasteiger partial charge in [0.1, 0.15) is 11.8 Å². The second-order valence-electron chi connectivity index (χ2n) is 7.38. The van der Waals surface area contributed by atoms with Crippen molar-refractivity contribution in [2.24, 2.45) is 0 Å². The molecule has 1 N–H and O–H groups in total. The molecule has 0 radical (unpaired) electrons. The molecule has 1 aliphatic rings. The van der Waals surface area contributed by atoms with Crippen LogP contribution in [0.15, 0.2) is 42.5 Å². The Bertz CT molecular complexity index is 898. The summed E-state index contributed by atoms with van der Waals surface area (Å²) in [5, 5.41) is 13.2. The number of ether oxygens (including phenoxy) is 1. The number of carbonyl (C=O) groups excluding carboxylic acids is 1. The highest BCUT2D eigenvalue weighted by atomic mass is 35.5. The molecule has 0 aliphatic heterocycles. The smallest absolute Gasteiger partial charge is 0.235 e. The lowest BCUT2D eigenvalue weighted by molar-refractivity contribution is -0.121. The van der Waals surface area contributed by atoms with Crippen LogP contribution in [0.25, 0.3) is 0 Å². The van der Waals surface area contributed by atoms with Crippen molar-refractivity contribution >= 4 is 23.2 Å². The van der Waals surface area contributed by atoms with Gasteiger partial charge in [0.25, 0.3) is 0 Å². The lowest BCUT2D eigenvalue weighted by Crippen LogP contribution is -2.38. The molecular weight excluding hydrogens is 372 g/mol. The minimum absolute atomic E-state index is 0.0639. The van der Waals surface area contributed by atoms with Gasteiger partial charge < -0.3 is 10.1 Å². The summed E-state index contributed by atoms with van der Waals surface area (Å²) in [6.07, 6.45) is 4.39. The molecule has 1 fully saturated rings. The molecule has 146 valence electrons. The van der Waals surface area contributed by atoms with Gasteiger partial charge >= 0.3 is 0 Å². The van der Waals surface area contributed by atoms with Crippen molar-refractivity contribution in [3.05, 3.63) is 58.6 Å². The molecule has 0 saturated heterocycles. The summed E-state index contributed by atoms with van der Waals surface area (Å²) >= 11 is 6.43. The maximum Gasteiger partial charge on any atom is 0.235 e. The number of anilines is 1. The number of hydrogen-bond acceptors (Lipinski definition) is 3. The Labute approximate surface area is 171 Å². The van der Waals surface area contributed by atoms with Crippen molar-refractivity contribution in [2.75, 3.05) is 5.32 Å². The second kappa shape index (κ2) is 8.67. The largest absolute Gasteiger partial charge is 0.491 e.